The third-order valence-corrected chi connectivity index (χ3v) is 3.11. The Morgan fingerprint density at radius 1 is 1.31 bits per heavy atom. The van der Waals surface area contributed by atoms with E-state index >= 15 is 0 Å². The topological polar surface area (TPSA) is 24.5 Å². The van der Waals surface area contributed by atoms with Gasteiger partial charge in [0, 0.05) is 26.2 Å². The van der Waals surface area contributed by atoms with Gasteiger partial charge in [0.25, 0.3) is 0 Å². The number of likely N-dealkylation sites (tertiary alicyclic amines) is 1. The maximum Gasteiger partial charge on any atom is 0.0905 e. The third kappa shape index (κ3) is 2.22. The first-order valence-electron chi connectivity index (χ1n) is 5.25. The lowest BCUT2D eigenvalue weighted by atomic mass is 9.98. The van der Waals surface area contributed by atoms with Gasteiger partial charge in [0.1, 0.15) is 0 Å². The van der Waals surface area contributed by atoms with Gasteiger partial charge in [-0.2, -0.15) is 0 Å². The molecule has 0 saturated carbocycles. The van der Waals surface area contributed by atoms with Crippen LogP contribution < -0.4 is 5.32 Å². The van der Waals surface area contributed by atoms with Gasteiger partial charge < -0.3 is 15.0 Å². The van der Waals surface area contributed by atoms with Crippen LogP contribution in [0.1, 0.15) is 19.8 Å². The van der Waals surface area contributed by atoms with Crippen LogP contribution in [0, 0.1) is 0 Å². The van der Waals surface area contributed by atoms with Crippen molar-refractivity contribution in [1.82, 2.24) is 10.2 Å². The summed E-state index contributed by atoms with van der Waals surface area (Å²) in [5.74, 6) is 0. The standard InChI is InChI=1S/C10H20N2O/c1-10(7-11-8-10)13-9-3-5-12(2)6-4-9/h9,11H,3-8H2,1-2H3. The van der Waals surface area contributed by atoms with E-state index in [2.05, 4.69) is 24.2 Å². The second kappa shape index (κ2) is 3.56. The Morgan fingerprint density at radius 2 is 1.92 bits per heavy atom. The van der Waals surface area contributed by atoms with Crippen molar-refractivity contribution >= 4 is 0 Å². The fourth-order valence-corrected chi connectivity index (χ4v) is 2.07. The lowest BCUT2D eigenvalue weighted by Gasteiger charge is -2.43. The van der Waals surface area contributed by atoms with E-state index in [0.717, 1.165) is 13.1 Å². The lowest BCUT2D eigenvalue weighted by Crippen LogP contribution is -2.60. The minimum Gasteiger partial charge on any atom is -0.369 e. The van der Waals surface area contributed by atoms with E-state index in [4.69, 9.17) is 4.74 Å². The van der Waals surface area contributed by atoms with Crippen molar-refractivity contribution in [2.75, 3.05) is 33.2 Å². The highest BCUT2D eigenvalue weighted by Crippen LogP contribution is 2.22. The first-order chi connectivity index (χ1) is 6.18. The molecule has 0 aromatic rings. The normalized spacial score (nSPS) is 30.0. The number of hydrogen-bond acceptors (Lipinski definition) is 3. The summed E-state index contributed by atoms with van der Waals surface area (Å²) >= 11 is 0. The molecule has 0 amide bonds. The number of ether oxygens (including phenoxy) is 1. The van der Waals surface area contributed by atoms with E-state index in [9.17, 15) is 0 Å². The van der Waals surface area contributed by atoms with Crippen molar-refractivity contribution in [1.29, 1.82) is 0 Å². The number of nitrogens with zero attached hydrogens (tertiary/aromatic N) is 1. The number of piperidine rings is 1. The minimum atomic E-state index is 0.139. The fraction of sp³-hybridized carbons (Fsp3) is 1.00. The Hall–Kier alpha value is -0.120. The monoisotopic (exact) mass is 184 g/mol. The number of nitrogens with one attached hydrogen (secondary N) is 1. The van der Waals surface area contributed by atoms with E-state index in [-0.39, 0.29) is 5.60 Å². The molecule has 0 radical (unpaired) electrons. The van der Waals surface area contributed by atoms with Crippen LogP contribution in [0.2, 0.25) is 0 Å². The first-order valence-corrected chi connectivity index (χ1v) is 5.25. The molecule has 76 valence electrons. The van der Waals surface area contributed by atoms with E-state index < -0.39 is 0 Å². The first kappa shape index (κ1) is 9.44. The summed E-state index contributed by atoms with van der Waals surface area (Å²) in [5.41, 5.74) is 0.139. The molecule has 1 N–H and O–H groups in total. The van der Waals surface area contributed by atoms with Crippen molar-refractivity contribution in [3.8, 4) is 0 Å². The van der Waals surface area contributed by atoms with Crippen molar-refractivity contribution in [3.63, 3.8) is 0 Å². The Kier molecular flexibility index (Phi) is 2.58. The van der Waals surface area contributed by atoms with Gasteiger partial charge in [-0.05, 0) is 26.8 Å². The third-order valence-electron chi connectivity index (χ3n) is 3.11. The molecule has 3 nitrogen and oxygen atoms in total. The molecule has 2 heterocycles. The van der Waals surface area contributed by atoms with Gasteiger partial charge in [-0.3, -0.25) is 0 Å². The van der Waals surface area contributed by atoms with Crippen LogP contribution >= 0.6 is 0 Å². The summed E-state index contributed by atoms with van der Waals surface area (Å²) in [6.07, 6.45) is 2.90. The van der Waals surface area contributed by atoms with E-state index in [1.54, 1.807) is 0 Å². The van der Waals surface area contributed by atoms with Crippen molar-refractivity contribution in [2.45, 2.75) is 31.5 Å². The molecule has 3 heteroatoms. The molecule has 0 spiro atoms. The zero-order valence-corrected chi connectivity index (χ0v) is 8.68. The number of hydrogen-bond donors (Lipinski definition) is 1. The summed E-state index contributed by atoms with van der Waals surface area (Å²) in [4.78, 5) is 2.38. The molecule has 2 saturated heterocycles. The molecular weight excluding hydrogens is 164 g/mol. The fourth-order valence-electron chi connectivity index (χ4n) is 2.07. The number of rotatable bonds is 2. The zero-order valence-electron chi connectivity index (χ0n) is 8.68. The molecule has 0 aliphatic carbocycles. The molecule has 2 aliphatic heterocycles. The van der Waals surface area contributed by atoms with Gasteiger partial charge in [0.05, 0.1) is 11.7 Å². The molecular formula is C10H20N2O. The van der Waals surface area contributed by atoms with Crippen LogP contribution in [0.4, 0.5) is 0 Å². The predicted octanol–water partition coefficient (Wildman–Crippen LogP) is 0.459. The van der Waals surface area contributed by atoms with Gasteiger partial charge in [0.2, 0.25) is 0 Å². The summed E-state index contributed by atoms with van der Waals surface area (Å²) < 4.78 is 6.07. The molecule has 0 atom stereocenters. The van der Waals surface area contributed by atoms with Gasteiger partial charge >= 0.3 is 0 Å². The van der Waals surface area contributed by atoms with Crippen molar-refractivity contribution in [3.05, 3.63) is 0 Å². The Morgan fingerprint density at radius 3 is 2.38 bits per heavy atom. The van der Waals surface area contributed by atoms with Gasteiger partial charge in [-0.1, -0.05) is 0 Å². The van der Waals surface area contributed by atoms with Crippen LogP contribution in [0.15, 0.2) is 0 Å². The Balaban J connectivity index is 1.76. The van der Waals surface area contributed by atoms with Crippen molar-refractivity contribution in [2.24, 2.45) is 0 Å². The van der Waals surface area contributed by atoms with Gasteiger partial charge in [-0.25, -0.2) is 0 Å². The van der Waals surface area contributed by atoms with Crippen LogP contribution in [0.5, 0.6) is 0 Å². The van der Waals surface area contributed by atoms with Crippen LogP contribution in [0.25, 0.3) is 0 Å². The predicted molar refractivity (Wildman–Crippen MR) is 52.9 cm³/mol. The van der Waals surface area contributed by atoms with Crippen LogP contribution in [-0.4, -0.2) is 49.8 Å². The average molecular weight is 184 g/mol. The van der Waals surface area contributed by atoms with Crippen LogP contribution in [0.3, 0.4) is 0 Å². The van der Waals surface area contributed by atoms with E-state index in [1.165, 1.54) is 25.9 Å². The lowest BCUT2D eigenvalue weighted by molar-refractivity contribution is -0.125. The molecule has 13 heavy (non-hydrogen) atoms. The van der Waals surface area contributed by atoms with Gasteiger partial charge in [0.15, 0.2) is 0 Å². The van der Waals surface area contributed by atoms with Gasteiger partial charge in [-0.15, -0.1) is 0 Å². The highest BCUT2D eigenvalue weighted by molar-refractivity contribution is 4.91. The second-order valence-electron chi connectivity index (χ2n) is 4.67. The quantitative estimate of drug-likeness (QED) is 0.675. The minimum absolute atomic E-state index is 0.139. The molecule has 0 bridgehead atoms. The molecule has 2 fully saturated rings. The average Bonchev–Trinajstić information content (AvgIpc) is 2.06. The van der Waals surface area contributed by atoms with E-state index in [0.29, 0.717) is 6.10 Å². The molecule has 0 aromatic heterocycles. The summed E-state index contributed by atoms with van der Waals surface area (Å²) in [7, 11) is 2.18. The van der Waals surface area contributed by atoms with E-state index in [1.807, 2.05) is 0 Å². The molecule has 0 aromatic carbocycles. The zero-order chi connectivity index (χ0) is 9.31. The maximum absolute atomic E-state index is 6.07. The van der Waals surface area contributed by atoms with Crippen LogP contribution in [-0.2, 0) is 4.74 Å². The molecule has 2 rings (SSSR count). The largest absolute Gasteiger partial charge is 0.369 e. The Bertz CT molecular complexity index is 172. The maximum atomic E-state index is 6.07. The summed E-state index contributed by atoms with van der Waals surface area (Å²) in [5, 5.41) is 3.26. The summed E-state index contributed by atoms with van der Waals surface area (Å²) in [6, 6.07) is 0. The molecule has 2 aliphatic rings. The Labute approximate surface area is 80.4 Å². The smallest absolute Gasteiger partial charge is 0.0905 e. The SMILES string of the molecule is CN1CCC(OC2(C)CNC2)CC1. The summed E-state index contributed by atoms with van der Waals surface area (Å²) in [6.45, 7) is 6.64. The van der Waals surface area contributed by atoms with Crippen molar-refractivity contribution < 1.29 is 4.74 Å². The highest BCUT2D eigenvalue weighted by Gasteiger charge is 2.35. The highest BCUT2D eigenvalue weighted by atomic mass is 16.5. The second-order valence-corrected chi connectivity index (χ2v) is 4.67. The molecule has 0 unspecified atom stereocenters.